The summed E-state index contributed by atoms with van der Waals surface area (Å²) >= 11 is 0. The summed E-state index contributed by atoms with van der Waals surface area (Å²) in [6, 6.07) is 8.88. The highest BCUT2D eigenvalue weighted by Crippen LogP contribution is 2.60. The van der Waals surface area contributed by atoms with Gasteiger partial charge in [0.15, 0.2) is 0 Å². The number of nitrogens with one attached hydrogen (secondary N) is 1. The summed E-state index contributed by atoms with van der Waals surface area (Å²) < 4.78 is 2.57. The Morgan fingerprint density at radius 1 is 1.07 bits per heavy atom. The first-order valence-electron chi connectivity index (χ1n) is 8.72. The third-order valence-corrected chi connectivity index (χ3v) is 5.65. The van der Waals surface area contributed by atoms with Crippen molar-refractivity contribution in [3.63, 3.8) is 0 Å². The van der Waals surface area contributed by atoms with Crippen LogP contribution in [0.2, 0.25) is 0 Å². The molecule has 2 aliphatic carbocycles. The molecule has 0 aliphatic heterocycles. The SMILES string of the molecule is C=C(C)C1(n2[nH]c(=O)n(-c3ccccc3)c2=O)C2C=CC1c1nccnc12. The van der Waals surface area contributed by atoms with Crippen LogP contribution in [0.4, 0.5) is 0 Å². The normalized spacial score (nSPS) is 24.9. The average molecular weight is 359 g/mol. The van der Waals surface area contributed by atoms with Crippen molar-refractivity contribution in [3.8, 4) is 5.69 Å². The summed E-state index contributed by atoms with van der Waals surface area (Å²) in [5, 5.41) is 2.77. The Kier molecular flexibility index (Phi) is 3.07. The zero-order valence-electron chi connectivity index (χ0n) is 14.7. The molecule has 2 aromatic heterocycles. The molecule has 27 heavy (non-hydrogen) atoms. The zero-order chi connectivity index (χ0) is 18.8. The topological polar surface area (TPSA) is 85.6 Å². The molecule has 2 bridgehead atoms. The van der Waals surface area contributed by atoms with E-state index >= 15 is 0 Å². The summed E-state index contributed by atoms with van der Waals surface area (Å²) in [5.74, 6) is -0.410. The van der Waals surface area contributed by atoms with E-state index < -0.39 is 16.9 Å². The van der Waals surface area contributed by atoms with E-state index in [0.717, 1.165) is 21.5 Å². The number of nitrogens with zero attached hydrogens (tertiary/aromatic N) is 4. The van der Waals surface area contributed by atoms with E-state index in [1.165, 1.54) is 4.68 Å². The molecule has 7 nitrogen and oxygen atoms in total. The summed E-state index contributed by atoms with van der Waals surface area (Å²) in [7, 11) is 0. The van der Waals surface area contributed by atoms with Crippen LogP contribution in [-0.2, 0) is 5.54 Å². The third-order valence-electron chi connectivity index (χ3n) is 5.65. The Morgan fingerprint density at radius 2 is 1.67 bits per heavy atom. The fourth-order valence-electron chi connectivity index (χ4n) is 4.58. The minimum Gasteiger partial charge on any atom is -0.257 e. The Morgan fingerprint density at radius 3 is 2.22 bits per heavy atom. The number of benzene rings is 1. The first kappa shape index (κ1) is 15.7. The quantitative estimate of drug-likeness (QED) is 0.723. The predicted octanol–water partition coefficient (Wildman–Crippen LogP) is 1.84. The minimum absolute atomic E-state index is 0.205. The van der Waals surface area contributed by atoms with Gasteiger partial charge in [-0.15, -0.1) is 0 Å². The number of allylic oxidation sites excluding steroid dienone is 3. The van der Waals surface area contributed by atoms with E-state index in [4.69, 9.17) is 0 Å². The maximum atomic E-state index is 13.3. The molecule has 0 saturated heterocycles. The molecule has 3 aromatic rings. The number of rotatable bonds is 3. The van der Waals surface area contributed by atoms with Crippen LogP contribution >= 0.6 is 0 Å². The van der Waals surface area contributed by atoms with Crippen LogP contribution in [-0.4, -0.2) is 24.3 Å². The fourth-order valence-corrected chi connectivity index (χ4v) is 4.58. The number of H-pyrrole nitrogens is 1. The lowest BCUT2D eigenvalue weighted by Crippen LogP contribution is -2.46. The maximum absolute atomic E-state index is 13.3. The van der Waals surface area contributed by atoms with Gasteiger partial charge in [-0.25, -0.2) is 23.9 Å². The highest BCUT2D eigenvalue weighted by molar-refractivity contribution is 5.52. The number of aromatic amines is 1. The van der Waals surface area contributed by atoms with E-state index in [0.29, 0.717) is 5.69 Å². The molecule has 2 atom stereocenters. The van der Waals surface area contributed by atoms with Crippen LogP contribution < -0.4 is 11.4 Å². The smallest absolute Gasteiger partial charge is 0.257 e. The second-order valence-corrected chi connectivity index (χ2v) is 6.98. The van der Waals surface area contributed by atoms with Gasteiger partial charge < -0.3 is 0 Å². The van der Waals surface area contributed by atoms with Crippen LogP contribution in [0.1, 0.15) is 30.1 Å². The van der Waals surface area contributed by atoms with Crippen molar-refractivity contribution >= 4 is 0 Å². The number of fused-ring (bicyclic) bond motifs is 5. The Bertz CT molecular complexity index is 1180. The summed E-state index contributed by atoms with van der Waals surface area (Å²) in [5.41, 5.74) is 1.18. The number of hydrogen-bond acceptors (Lipinski definition) is 4. The predicted molar refractivity (Wildman–Crippen MR) is 100 cm³/mol. The van der Waals surface area contributed by atoms with Crippen LogP contribution in [0.5, 0.6) is 0 Å². The highest BCUT2D eigenvalue weighted by atomic mass is 16.2. The summed E-state index contributed by atoms with van der Waals surface area (Å²) in [6.45, 7) is 6.05. The molecular weight excluding hydrogens is 342 g/mol. The second kappa shape index (κ2) is 5.26. The van der Waals surface area contributed by atoms with E-state index in [9.17, 15) is 9.59 Å². The highest BCUT2D eigenvalue weighted by Gasteiger charge is 2.59. The van der Waals surface area contributed by atoms with Crippen molar-refractivity contribution in [1.29, 1.82) is 0 Å². The van der Waals surface area contributed by atoms with Crippen molar-refractivity contribution in [3.05, 3.63) is 99.4 Å². The van der Waals surface area contributed by atoms with Crippen molar-refractivity contribution in [2.75, 3.05) is 0 Å². The van der Waals surface area contributed by atoms with Gasteiger partial charge in [-0.3, -0.25) is 9.97 Å². The van der Waals surface area contributed by atoms with Gasteiger partial charge in [-0.1, -0.05) is 42.5 Å². The first-order valence-corrected chi connectivity index (χ1v) is 8.72. The standard InChI is InChI=1S/C20H17N5O2/c1-12(2)20(14-8-9-15(20)17-16(14)21-10-11-22-17)25-19(27)24(18(26)23-25)13-6-4-3-5-7-13/h3-11,14-15H,1H2,2H3,(H,23,26). The van der Waals surface area contributed by atoms with Gasteiger partial charge in [-0.05, 0) is 19.1 Å². The molecule has 1 N–H and O–H groups in total. The second-order valence-electron chi connectivity index (χ2n) is 6.98. The molecule has 0 fully saturated rings. The molecule has 0 saturated carbocycles. The van der Waals surface area contributed by atoms with Gasteiger partial charge in [0, 0.05) is 12.4 Å². The minimum atomic E-state index is -0.847. The van der Waals surface area contributed by atoms with Crippen molar-refractivity contribution in [2.45, 2.75) is 24.3 Å². The zero-order valence-corrected chi connectivity index (χ0v) is 14.7. The number of para-hydroxylation sites is 1. The van der Waals surface area contributed by atoms with Crippen LogP contribution in [0.15, 0.2) is 76.6 Å². The van der Waals surface area contributed by atoms with Crippen molar-refractivity contribution in [2.24, 2.45) is 0 Å². The van der Waals surface area contributed by atoms with Crippen molar-refractivity contribution in [1.82, 2.24) is 24.3 Å². The van der Waals surface area contributed by atoms with Gasteiger partial charge in [0.1, 0.15) is 5.54 Å². The van der Waals surface area contributed by atoms with Crippen LogP contribution in [0.3, 0.4) is 0 Å². The average Bonchev–Trinajstić information content (AvgIpc) is 3.30. The summed E-state index contributed by atoms with van der Waals surface area (Å²) in [4.78, 5) is 35.0. The molecule has 2 unspecified atom stereocenters. The van der Waals surface area contributed by atoms with Gasteiger partial charge in [0.25, 0.3) is 0 Å². The molecule has 0 spiro atoms. The van der Waals surface area contributed by atoms with Crippen LogP contribution in [0.25, 0.3) is 5.69 Å². The molecule has 0 radical (unpaired) electrons. The van der Waals surface area contributed by atoms with Gasteiger partial charge in [0.05, 0.1) is 28.9 Å². The molecule has 7 heteroatoms. The molecular formula is C20H17N5O2. The molecule has 5 rings (SSSR count). The van der Waals surface area contributed by atoms with Crippen LogP contribution in [0, 0.1) is 0 Å². The largest absolute Gasteiger partial charge is 0.352 e. The van der Waals surface area contributed by atoms with E-state index in [1.807, 2.05) is 25.1 Å². The fraction of sp³-hybridized carbons (Fsp3) is 0.200. The first-order chi connectivity index (χ1) is 13.1. The Hall–Kier alpha value is -3.48. The Balaban J connectivity index is 1.79. The molecule has 1 aromatic carbocycles. The van der Waals surface area contributed by atoms with Gasteiger partial charge >= 0.3 is 11.4 Å². The lowest BCUT2D eigenvalue weighted by atomic mass is 9.79. The monoisotopic (exact) mass is 359 g/mol. The van der Waals surface area contributed by atoms with E-state index in [-0.39, 0.29) is 11.8 Å². The third kappa shape index (κ3) is 1.80. The maximum Gasteiger partial charge on any atom is 0.352 e. The van der Waals surface area contributed by atoms with Gasteiger partial charge in [-0.2, -0.15) is 0 Å². The van der Waals surface area contributed by atoms with Gasteiger partial charge in [0.2, 0.25) is 0 Å². The molecule has 2 aliphatic rings. The molecule has 0 amide bonds. The van der Waals surface area contributed by atoms with E-state index in [2.05, 4.69) is 21.6 Å². The van der Waals surface area contributed by atoms with E-state index in [1.54, 1.807) is 36.7 Å². The molecule has 134 valence electrons. The Labute approximate surface area is 154 Å². The van der Waals surface area contributed by atoms with Crippen molar-refractivity contribution < 1.29 is 0 Å². The lowest BCUT2D eigenvalue weighted by molar-refractivity contribution is 0.280. The molecule has 2 heterocycles. The lowest BCUT2D eigenvalue weighted by Gasteiger charge is -2.35. The number of aromatic nitrogens is 5. The summed E-state index contributed by atoms with van der Waals surface area (Å²) in [6.07, 6.45) is 7.36. The number of hydrogen-bond donors (Lipinski definition) is 1.